The lowest BCUT2D eigenvalue weighted by Gasteiger charge is -1.99. The maximum Gasteiger partial charge on any atom is 0.273 e. The first-order valence-corrected chi connectivity index (χ1v) is 4.83. The van der Waals surface area contributed by atoms with E-state index in [4.69, 9.17) is 17.3 Å². The van der Waals surface area contributed by atoms with Crippen molar-refractivity contribution in [2.75, 3.05) is 0 Å². The van der Waals surface area contributed by atoms with E-state index >= 15 is 0 Å². The Morgan fingerprint density at radius 1 is 1.19 bits per heavy atom. The van der Waals surface area contributed by atoms with Crippen LogP contribution in [0.25, 0.3) is 6.08 Å². The molecule has 82 valence electrons. The van der Waals surface area contributed by atoms with Crippen molar-refractivity contribution < 1.29 is 15.0 Å². The molecule has 1 amide bonds. The van der Waals surface area contributed by atoms with Gasteiger partial charge in [0.15, 0.2) is 16.6 Å². The third-order valence-corrected chi connectivity index (χ3v) is 2.23. The highest BCUT2D eigenvalue weighted by Gasteiger charge is 2.19. The first kappa shape index (κ1) is 10.4. The van der Waals surface area contributed by atoms with Gasteiger partial charge in [0.25, 0.3) is 5.91 Å². The molecule has 16 heavy (non-hydrogen) atoms. The summed E-state index contributed by atoms with van der Waals surface area (Å²) in [7, 11) is 0. The van der Waals surface area contributed by atoms with Gasteiger partial charge in [0.1, 0.15) is 5.70 Å². The summed E-state index contributed by atoms with van der Waals surface area (Å²) >= 11 is 4.76. The van der Waals surface area contributed by atoms with Gasteiger partial charge in [0.05, 0.1) is 0 Å². The maximum atomic E-state index is 11.3. The van der Waals surface area contributed by atoms with Crippen LogP contribution in [0.1, 0.15) is 5.56 Å². The summed E-state index contributed by atoms with van der Waals surface area (Å²) in [6.45, 7) is 0. The van der Waals surface area contributed by atoms with Gasteiger partial charge in [-0.1, -0.05) is 6.07 Å². The molecular formula is C10H8N2O3S. The number of hydrogen-bond acceptors (Lipinski definition) is 4. The second kappa shape index (κ2) is 3.82. The van der Waals surface area contributed by atoms with E-state index in [-0.39, 0.29) is 22.5 Å². The molecule has 2 rings (SSSR count). The predicted molar refractivity (Wildman–Crippen MR) is 61.6 cm³/mol. The van der Waals surface area contributed by atoms with Crippen LogP contribution >= 0.6 is 12.2 Å². The Morgan fingerprint density at radius 3 is 2.50 bits per heavy atom. The molecule has 0 radical (unpaired) electrons. The lowest BCUT2D eigenvalue weighted by molar-refractivity contribution is -0.115. The lowest BCUT2D eigenvalue weighted by atomic mass is 10.1. The summed E-state index contributed by atoms with van der Waals surface area (Å²) in [6.07, 6.45) is 1.52. The molecule has 1 saturated heterocycles. The van der Waals surface area contributed by atoms with Gasteiger partial charge in [-0.3, -0.25) is 10.1 Å². The molecule has 1 aromatic rings. The van der Waals surface area contributed by atoms with Crippen LogP contribution in [-0.2, 0) is 4.79 Å². The fraction of sp³-hybridized carbons (Fsp3) is 0. The van der Waals surface area contributed by atoms with Crippen LogP contribution < -0.4 is 10.6 Å². The molecule has 0 bridgehead atoms. The monoisotopic (exact) mass is 236 g/mol. The fourth-order valence-corrected chi connectivity index (χ4v) is 1.48. The Bertz CT molecular complexity index is 511. The van der Waals surface area contributed by atoms with Gasteiger partial charge in [-0.05, 0) is 36.0 Å². The first-order chi connectivity index (χ1) is 7.56. The summed E-state index contributed by atoms with van der Waals surface area (Å²) in [5, 5.41) is 23.7. The zero-order valence-electron chi connectivity index (χ0n) is 8.02. The predicted octanol–water partition coefficient (Wildman–Crippen LogP) is 0.443. The zero-order valence-corrected chi connectivity index (χ0v) is 8.84. The number of amides is 1. The largest absolute Gasteiger partial charge is 0.504 e. The first-order valence-electron chi connectivity index (χ1n) is 4.42. The van der Waals surface area contributed by atoms with Gasteiger partial charge in [-0.15, -0.1) is 0 Å². The number of carbonyl (C=O) groups excluding carboxylic acids is 1. The topological polar surface area (TPSA) is 81.6 Å². The van der Waals surface area contributed by atoms with Crippen LogP contribution in [0.4, 0.5) is 0 Å². The van der Waals surface area contributed by atoms with Crippen molar-refractivity contribution in [3.8, 4) is 11.5 Å². The molecular weight excluding hydrogens is 228 g/mol. The van der Waals surface area contributed by atoms with E-state index in [2.05, 4.69) is 10.6 Å². The maximum absolute atomic E-state index is 11.3. The van der Waals surface area contributed by atoms with Crippen LogP contribution in [0.3, 0.4) is 0 Å². The molecule has 1 aromatic carbocycles. The van der Waals surface area contributed by atoms with Gasteiger partial charge in [0, 0.05) is 0 Å². The SMILES string of the molecule is O=C1NC(=S)NC1=Cc1ccc(O)c(O)c1. The number of phenolic OH excluding ortho intramolecular Hbond substituents is 2. The molecule has 0 unspecified atom stereocenters. The summed E-state index contributed by atoms with van der Waals surface area (Å²) in [5.74, 6) is -0.769. The number of benzene rings is 1. The van der Waals surface area contributed by atoms with Crippen LogP contribution in [-0.4, -0.2) is 21.2 Å². The molecule has 0 spiro atoms. The van der Waals surface area contributed by atoms with Crippen molar-refractivity contribution >= 4 is 29.3 Å². The number of rotatable bonds is 1. The van der Waals surface area contributed by atoms with Crippen molar-refractivity contribution in [3.63, 3.8) is 0 Å². The minimum atomic E-state index is -0.322. The molecule has 6 heteroatoms. The van der Waals surface area contributed by atoms with Crippen LogP contribution in [0.5, 0.6) is 11.5 Å². The van der Waals surface area contributed by atoms with E-state index in [9.17, 15) is 9.90 Å². The number of phenols is 2. The van der Waals surface area contributed by atoms with E-state index in [1.807, 2.05) is 0 Å². The number of carbonyl (C=O) groups is 1. The minimum absolute atomic E-state index is 0.207. The van der Waals surface area contributed by atoms with Crippen molar-refractivity contribution in [1.29, 1.82) is 0 Å². The van der Waals surface area contributed by atoms with Gasteiger partial charge < -0.3 is 15.5 Å². The highest BCUT2D eigenvalue weighted by atomic mass is 32.1. The van der Waals surface area contributed by atoms with E-state index in [0.29, 0.717) is 11.3 Å². The van der Waals surface area contributed by atoms with E-state index in [1.54, 1.807) is 6.07 Å². The second-order valence-electron chi connectivity index (χ2n) is 3.21. The minimum Gasteiger partial charge on any atom is -0.504 e. The van der Waals surface area contributed by atoms with Gasteiger partial charge in [-0.25, -0.2) is 0 Å². The standard InChI is InChI=1S/C10H8N2O3S/c13-7-2-1-5(4-8(7)14)3-6-9(15)12-10(16)11-6/h1-4,13-14H,(H2,11,12,15,16). The van der Waals surface area contributed by atoms with Crippen molar-refractivity contribution in [2.45, 2.75) is 0 Å². The third-order valence-electron chi connectivity index (χ3n) is 2.03. The Labute approximate surface area is 96.4 Å². The summed E-state index contributed by atoms with van der Waals surface area (Å²) in [5.41, 5.74) is 0.882. The number of thiocarbonyl (C=S) groups is 1. The van der Waals surface area contributed by atoms with Crippen molar-refractivity contribution in [1.82, 2.24) is 10.6 Å². The third kappa shape index (κ3) is 1.96. The molecule has 1 fully saturated rings. The lowest BCUT2D eigenvalue weighted by Crippen LogP contribution is -2.21. The molecule has 0 aliphatic carbocycles. The summed E-state index contributed by atoms with van der Waals surface area (Å²) < 4.78 is 0. The molecule has 5 nitrogen and oxygen atoms in total. The molecule has 0 aromatic heterocycles. The zero-order chi connectivity index (χ0) is 11.7. The molecule has 1 aliphatic heterocycles. The summed E-state index contributed by atoms with van der Waals surface area (Å²) in [6, 6.07) is 4.25. The van der Waals surface area contributed by atoms with Crippen LogP contribution in [0.15, 0.2) is 23.9 Å². The summed E-state index contributed by atoms with van der Waals surface area (Å²) in [4.78, 5) is 11.3. The molecule has 0 saturated carbocycles. The molecule has 0 atom stereocenters. The van der Waals surface area contributed by atoms with Gasteiger partial charge in [0.2, 0.25) is 0 Å². The Kier molecular flexibility index (Phi) is 2.49. The quantitative estimate of drug-likeness (QED) is 0.323. The smallest absolute Gasteiger partial charge is 0.273 e. The van der Waals surface area contributed by atoms with E-state index in [0.717, 1.165) is 0 Å². The average molecular weight is 236 g/mol. The molecule has 4 N–H and O–H groups in total. The molecule has 1 aliphatic rings. The Balaban J connectivity index is 2.32. The normalized spacial score (nSPS) is 17.4. The van der Waals surface area contributed by atoms with Crippen LogP contribution in [0, 0.1) is 0 Å². The van der Waals surface area contributed by atoms with Crippen molar-refractivity contribution in [2.24, 2.45) is 0 Å². The average Bonchev–Trinajstić information content (AvgIpc) is 2.51. The number of hydrogen-bond donors (Lipinski definition) is 4. The Hall–Kier alpha value is -2.08. The molecule has 1 heterocycles. The van der Waals surface area contributed by atoms with E-state index < -0.39 is 0 Å². The number of aromatic hydroxyl groups is 2. The van der Waals surface area contributed by atoms with Crippen molar-refractivity contribution in [3.05, 3.63) is 29.5 Å². The second-order valence-corrected chi connectivity index (χ2v) is 3.62. The van der Waals surface area contributed by atoms with Gasteiger partial charge in [-0.2, -0.15) is 0 Å². The highest BCUT2D eigenvalue weighted by Crippen LogP contribution is 2.25. The highest BCUT2D eigenvalue weighted by molar-refractivity contribution is 7.80. The van der Waals surface area contributed by atoms with Crippen LogP contribution in [0.2, 0.25) is 0 Å². The Morgan fingerprint density at radius 2 is 1.94 bits per heavy atom. The van der Waals surface area contributed by atoms with Gasteiger partial charge >= 0.3 is 0 Å². The number of nitrogens with one attached hydrogen (secondary N) is 2. The fourth-order valence-electron chi connectivity index (χ4n) is 1.28. The van der Waals surface area contributed by atoms with E-state index in [1.165, 1.54) is 18.2 Å².